The molecule has 0 bridgehead atoms. The second kappa shape index (κ2) is 4.72. The predicted octanol–water partition coefficient (Wildman–Crippen LogP) is 1.39. The van der Waals surface area contributed by atoms with Crippen LogP contribution in [0.3, 0.4) is 0 Å². The number of amides is 2. The summed E-state index contributed by atoms with van der Waals surface area (Å²) in [7, 11) is 0. The van der Waals surface area contributed by atoms with Crippen LogP contribution in [-0.2, 0) is 11.3 Å². The quantitative estimate of drug-likeness (QED) is 0.755. The summed E-state index contributed by atoms with van der Waals surface area (Å²) in [6.07, 6.45) is 1.79. The predicted molar refractivity (Wildman–Crippen MR) is 63.0 cm³/mol. The van der Waals surface area contributed by atoms with Crippen molar-refractivity contribution < 1.29 is 19.1 Å². The SMILES string of the molecule is Cc1ccc(CNC(=O)NC2(C(=O)O)CCC2)o1. The van der Waals surface area contributed by atoms with Gasteiger partial charge in [-0.15, -0.1) is 0 Å². The molecule has 1 saturated carbocycles. The lowest BCUT2D eigenvalue weighted by molar-refractivity contribution is -0.148. The molecule has 0 aliphatic heterocycles. The summed E-state index contributed by atoms with van der Waals surface area (Å²) in [6.45, 7) is 2.06. The summed E-state index contributed by atoms with van der Waals surface area (Å²) in [5.41, 5.74) is -1.08. The van der Waals surface area contributed by atoms with Gasteiger partial charge in [0.25, 0.3) is 0 Å². The number of furan rings is 1. The van der Waals surface area contributed by atoms with Crippen molar-refractivity contribution in [2.75, 3.05) is 0 Å². The summed E-state index contributed by atoms with van der Waals surface area (Å²) < 4.78 is 5.29. The minimum atomic E-state index is -1.08. The second-order valence-electron chi connectivity index (χ2n) is 4.56. The van der Waals surface area contributed by atoms with Crippen molar-refractivity contribution in [1.29, 1.82) is 0 Å². The van der Waals surface area contributed by atoms with E-state index in [1.54, 1.807) is 12.1 Å². The molecule has 0 saturated heterocycles. The molecule has 2 rings (SSSR count). The molecule has 1 aliphatic rings. The number of carboxylic acids is 1. The molecule has 1 heterocycles. The number of carboxylic acid groups (broad SMARTS) is 1. The van der Waals surface area contributed by atoms with Crippen LogP contribution in [0.5, 0.6) is 0 Å². The van der Waals surface area contributed by atoms with Crippen molar-refractivity contribution >= 4 is 12.0 Å². The monoisotopic (exact) mass is 252 g/mol. The highest BCUT2D eigenvalue weighted by molar-refractivity contribution is 5.87. The maximum atomic E-state index is 11.6. The zero-order valence-corrected chi connectivity index (χ0v) is 10.2. The topological polar surface area (TPSA) is 91.6 Å². The van der Waals surface area contributed by atoms with Crippen LogP contribution in [0.15, 0.2) is 16.5 Å². The lowest BCUT2D eigenvalue weighted by Gasteiger charge is -2.38. The standard InChI is InChI=1S/C12H16N2O4/c1-8-3-4-9(18-8)7-13-11(17)14-12(10(15)16)5-2-6-12/h3-4H,2,5-7H2,1H3,(H,15,16)(H2,13,14,17). The molecule has 18 heavy (non-hydrogen) atoms. The van der Waals surface area contributed by atoms with E-state index in [4.69, 9.17) is 9.52 Å². The maximum absolute atomic E-state index is 11.6. The first-order valence-corrected chi connectivity index (χ1v) is 5.87. The highest BCUT2D eigenvalue weighted by Gasteiger charge is 2.45. The van der Waals surface area contributed by atoms with Crippen LogP contribution >= 0.6 is 0 Å². The molecule has 6 nitrogen and oxygen atoms in total. The van der Waals surface area contributed by atoms with E-state index in [0.29, 0.717) is 18.6 Å². The highest BCUT2D eigenvalue weighted by atomic mass is 16.4. The zero-order chi connectivity index (χ0) is 13.2. The van der Waals surface area contributed by atoms with E-state index >= 15 is 0 Å². The molecule has 98 valence electrons. The van der Waals surface area contributed by atoms with E-state index in [2.05, 4.69) is 10.6 Å². The van der Waals surface area contributed by atoms with Gasteiger partial charge in [0.2, 0.25) is 0 Å². The molecule has 1 fully saturated rings. The van der Waals surface area contributed by atoms with Gasteiger partial charge in [-0.3, -0.25) is 0 Å². The molecule has 3 N–H and O–H groups in total. The first-order valence-electron chi connectivity index (χ1n) is 5.87. The molecule has 0 radical (unpaired) electrons. The maximum Gasteiger partial charge on any atom is 0.329 e. The average Bonchev–Trinajstić information content (AvgIpc) is 2.66. The van der Waals surface area contributed by atoms with Crippen molar-refractivity contribution in [2.45, 2.75) is 38.3 Å². The lowest BCUT2D eigenvalue weighted by Crippen LogP contribution is -2.61. The van der Waals surface area contributed by atoms with Gasteiger partial charge in [-0.05, 0) is 38.3 Å². The summed E-state index contributed by atoms with van der Waals surface area (Å²) in [6, 6.07) is 3.09. The molecule has 1 aliphatic carbocycles. The Morgan fingerprint density at radius 3 is 2.61 bits per heavy atom. The van der Waals surface area contributed by atoms with Crippen molar-refractivity contribution in [1.82, 2.24) is 10.6 Å². The molecule has 1 aromatic rings. The molecule has 2 amide bonds. The Balaban J connectivity index is 1.83. The summed E-state index contributed by atoms with van der Waals surface area (Å²) in [5.74, 6) is 0.437. The molecular formula is C12H16N2O4. The van der Waals surface area contributed by atoms with Gasteiger partial charge in [0, 0.05) is 0 Å². The van der Waals surface area contributed by atoms with Crippen LogP contribution in [0.1, 0.15) is 30.8 Å². The van der Waals surface area contributed by atoms with Crippen LogP contribution in [-0.4, -0.2) is 22.6 Å². The van der Waals surface area contributed by atoms with Crippen molar-refractivity contribution in [3.05, 3.63) is 23.7 Å². The average molecular weight is 252 g/mol. The normalized spacial score (nSPS) is 16.7. The molecule has 0 spiro atoms. The number of rotatable bonds is 4. The Morgan fingerprint density at radius 1 is 1.44 bits per heavy atom. The Kier molecular flexibility index (Phi) is 3.27. The summed E-state index contributed by atoms with van der Waals surface area (Å²) in [5, 5.41) is 14.2. The molecular weight excluding hydrogens is 236 g/mol. The van der Waals surface area contributed by atoms with Crippen LogP contribution in [0.2, 0.25) is 0 Å². The Morgan fingerprint density at radius 2 is 2.17 bits per heavy atom. The number of aryl methyl sites for hydroxylation is 1. The zero-order valence-electron chi connectivity index (χ0n) is 10.2. The van der Waals surface area contributed by atoms with Crippen molar-refractivity contribution in [3.63, 3.8) is 0 Å². The van der Waals surface area contributed by atoms with Gasteiger partial charge in [-0.2, -0.15) is 0 Å². The minimum absolute atomic E-state index is 0.245. The van der Waals surface area contributed by atoms with Crippen LogP contribution < -0.4 is 10.6 Å². The van der Waals surface area contributed by atoms with E-state index in [-0.39, 0.29) is 6.54 Å². The van der Waals surface area contributed by atoms with Crippen molar-refractivity contribution in [2.24, 2.45) is 0 Å². The fourth-order valence-electron chi connectivity index (χ4n) is 1.93. The van der Waals surface area contributed by atoms with E-state index in [1.165, 1.54) is 0 Å². The first kappa shape index (κ1) is 12.5. The number of hydrogen-bond acceptors (Lipinski definition) is 3. The van der Waals surface area contributed by atoms with Gasteiger partial charge in [-0.25, -0.2) is 9.59 Å². The number of urea groups is 1. The molecule has 0 atom stereocenters. The lowest BCUT2D eigenvalue weighted by atomic mass is 9.77. The van der Waals surface area contributed by atoms with E-state index in [0.717, 1.165) is 12.2 Å². The third-order valence-electron chi connectivity index (χ3n) is 3.19. The minimum Gasteiger partial charge on any atom is -0.480 e. The van der Waals surface area contributed by atoms with Gasteiger partial charge in [0.1, 0.15) is 17.1 Å². The Bertz CT molecular complexity index is 462. The molecule has 6 heteroatoms. The van der Waals surface area contributed by atoms with Crippen LogP contribution in [0.4, 0.5) is 4.79 Å². The third-order valence-corrected chi connectivity index (χ3v) is 3.19. The van der Waals surface area contributed by atoms with Gasteiger partial charge < -0.3 is 20.2 Å². The van der Waals surface area contributed by atoms with E-state index in [1.807, 2.05) is 6.92 Å². The first-order chi connectivity index (χ1) is 8.52. The molecule has 1 aromatic heterocycles. The van der Waals surface area contributed by atoms with Gasteiger partial charge in [0.15, 0.2) is 0 Å². The number of carbonyl (C=O) groups excluding carboxylic acids is 1. The van der Waals surface area contributed by atoms with Gasteiger partial charge >= 0.3 is 12.0 Å². The molecule has 0 aromatic carbocycles. The Labute approximate surface area is 104 Å². The van der Waals surface area contributed by atoms with Crippen LogP contribution in [0, 0.1) is 6.92 Å². The third kappa shape index (κ3) is 2.47. The highest BCUT2D eigenvalue weighted by Crippen LogP contribution is 2.31. The largest absolute Gasteiger partial charge is 0.480 e. The smallest absolute Gasteiger partial charge is 0.329 e. The van der Waals surface area contributed by atoms with E-state index in [9.17, 15) is 9.59 Å². The summed E-state index contributed by atoms with van der Waals surface area (Å²) >= 11 is 0. The van der Waals surface area contributed by atoms with Crippen LogP contribution in [0.25, 0.3) is 0 Å². The molecule has 0 unspecified atom stereocenters. The van der Waals surface area contributed by atoms with Gasteiger partial charge in [-0.1, -0.05) is 0 Å². The number of nitrogens with one attached hydrogen (secondary N) is 2. The van der Waals surface area contributed by atoms with Gasteiger partial charge in [0.05, 0.1) is 6.54 Å². The van der Waals surface area contributed by atoms with Crippen molar-refractivity contribution in [3.8, 4) is 0 Å². The summed E-state index contributed by atoms with van der Waals surface area (Å²) in [4.78, 5) is 22.7. The van der Waals surface area contributed by atoms with E-state index < -0.39 is 17.5 Å². The fourth-order valence-corrected chi connectivity index (χ4v) is 1.93. The number of aliphatic carboxylic acids is 1. The fraction of sp³-hybridized carbons (Fsp3) is 0.500. The second-order valence-corrected chi connectivity index (χ2v) is 4.56. The number of hydrogen-bond donors (Lipinski definition) is 3. The number of carbonyl (C=O) groups is 2. The Hall–Kier alpha value is -1.98.